The lowest BCUT2D eigenvalue weighted by Crippen LogP contribution is -2.24. The molecule has 0 aliphatic heterocycles. The summed E-state index contributed by atoms with van der Waals surface area (Å²) in [7, 11) is 1.70. The Morgan fingerprint density at radius 1 is 1.24 bits per heavy atom. The number of nitrogens with one attached hydrogen (secondary N) is 1. The summed E-state index contributed by atoms with van der Waals surface area (Å²) in [6.45, 7) is 4.23. The van der Waals surface area contributed by atoms with Crippen LogP contribution in [-0.4, -0.2) is 18.6 Å². The molecular formula is C18H24N2O. The molecule has 1 fully saturated rings. The molecule has 3 nitrogen and oxygen atoms in total. The SMILES string of the molecule is CCCC1(CNCc2ccc3cccc(OC)c3n2)CC1. The van der Waals surface area contributed by atoms with E-state index in [0.717, 1.165) is 35.4 Å². The van der Waals surface area contributed by atoms with Crippen LogP contribution in [0.3, 0.4) is 0 Å². The molecule has 0 bridgehead atoms. The van der Waals surface area contributed by atoms with E-state index in [9.17, 15) is 0 Å². The second kappa shape index (κ2) is 6.02. The third-order valence-corrected chi connectivity index (χ3v) is 4.50. The third-order valence-electron chi connectivity index (χ3n) is 4.50. The smallest absolute Gasteiger partial charge is 0.145 e. The molecule has 0 amide bonds. The van der Waals surface area contributed by atoms with Gasteiger partial charge in [0.05, 0.1) is 12.8 Å². The number of methoxy groups -OCH3 is 1. The van der Waals surface area contributed by atoms with E-state index < -0.39 is 0 Å². The lowest BCUT2D eigenvalue weighted by molar-refractivity contribution is 0.416. The molecule has 1 aliphatic carbocycles. The lowest BCUT2D eigenvalue weighted by Gasteiger charge is -2.15. The van der Waals surface area contributed by atoms with Gasteiger partial charge in [0.2, 0.25) is 0 Å². The normalized spacial score (nSPS) is 16.1. The average molecular weight is 284 g/mol. The molecule has 2 aromatic rings. The second-order valence-corrected chi connectivity index (χ2v) is 6.19. The molecule has 21 heavy (non-hydrogen) atoms. The molecule has 0 atom stereocenters. The second-order valence-electron chi connectivity index (χ2n) is 6.19. The number of para-hydroxylation sites is 1. The van der Waals surface area contributed by atoms with Gasteiger partial charge in [0, 0.05) is 18.5 Å². The van der Waals surface area contributed by atoms with Crippen LogP contribution in [0.2, 0.25) is 0 Å². The summed E-state index contributed by atoms with van der Waals surface area (Å²) in [5, 5.41) is 4.72. The van der Waals surface area contributed by atoms with Gasteiger partial charge in [0.25, 0.3) is 0 Å². The van der Waals surface area contributed by atoms with E-state index >= 15 is 0 Å². The molecule has 112 valence electrons. The minimum Gasteiger partial charge on any atom is -0.494 e. The Kier molecular flexibility index (Phi) is 4.11. The van der Waals surface area contributed by atoms with Crippen molar-refractivity contribution in [2.24, 2.45) is 5.41 Å². The summed E-state index contributed by atoms with van der Waals surface area (Å²) in [5.41, 5.74) is 2.62. The van der Waals surface area contributed by atoms with E-state index in [1.807, 2.05) is 12.1 Å². The average Bonchev–Trinajstić information content (AvgIpc) is 3.27. The van der Waals surface area contributed by atoms with Crippen molar-refractivity contribution in [1.29, 1.82) is 0 Å². The van der Waals surface area contributed by atoms with Gasteiger partial charge in [0.15, 0.2) is 0 Å². The van der Waals surface area contributed by atoms with E-state index in [4.69, 9.17) is 9.72 Å². The van der Waals surface area contributed by atoms with Crippen LogP contribution in [-0.2, 0) is 6.54 Å². The molecule has 0 radical (unpaired) electrons. The van der Waals surface area contributed by atoms with Crippen molar-refractivity contribution in [3.8, 4) is 5.75 Å². The lowest BCUT2D eigenvalue weighted by atomic mass is 10.0. The first-order chi connectivity index (χ1) is 10.3. The minimum absolute atomic E-state index is 0.587. The number of benzene rings is 1. The Labute approximate surface area is 126 Å². The summed E-state index contributed by atoms with van der Waals surface area (Å²) in [5.74, 6) is 0.846. The van der Waals surface area contributed by atoms with E-state index in [2.05, 4.69) is 30.4 Å². The number of ether oxygens (including phenoxy) is 1. The van der Waals surface area contributed by atoms with Gasteiger partial charge in [-0.05, 0) is 36.8 Å². The van der Waals surface area contributed by atoms with Crippen molar-refractivity contribution in [1.82, 2.24) is 10.3 Å². The van der Waals surface area contributed by atoms with Crippen LogP contribution in [0.15, 0.2) is 30.3 Å². The molecule has 1 saturated carbocycles. The molecular weight excluding hydrogens is 260 g/mol. The summed E-state index contributed by atoms with van der Waals surface area (Å²) < 4.78 is 5.40. The van der Waals surface area contributed by atoms with Gasteiger partial charge in [-0.3, -0.25) is 0 Å². The molecule has 0 saturated heterocycles. The molecule has 1 aromatic carbocycles. The van der Waals surface area contributed by atoms with Crippen molar-refractivity contribution in [3.63, 3.8) is 0 Å². The fourth-order valence-corrected chi connectivity index (χ4v) is 3.10. The molecule has 3 heteroatoms. The van der Waals surface area contributed by atoms with Gasteiger partial charge in [-0.15, -0.1) is 0 Å². The summed E-state index contributed by atoms with van der Waals surface area (Å²) >= 11 is 0. The van der Waals surface area contributed by atoms with Crippen molar-refractivity contribution in [2.45, 2.75) is 39.2 Å². The zero-order valence-corrected chi connectivity index (χ0v) is 13.0. The minimum atomic E-state index is 0.587. The number of pyridine rings is 1. The molecule has 3 rings (SSSR count). The highest BCUT2D eigenvalue weighted by Crippen LogP contribution is 2.48. The Bertz CT molecular complexity index is 620. The summed E-state index contributed by atoms with van der Waals surface area (Å²) in [4.78, 5) is 4.74. The third kappa shape index (κ3) is 3.18. The van der Waals surface area contributed by atoms with Crippen LogP contribution < -0.4 is 10.1 Å². The van der Waals surface area contributed by atoms with E-state index in [-0.39, 0.29) is 0 Å². The number of hydrogen-bond acceptors (Lipinski definition) is 3. The molecule has 0 spiro atoms. The fraction of sp³-hybridized carbons (Fsp3) is 0.500. The van der Waals surface area contributed by atoms with Crippen LogP contribution in [0.4, 0.5) is 0 Å². The monoisotopic (exact) mass is 284 g/mol. The topological polar surface area (TPSA) is 34.1 Å². The molecule has 1 N–H and O–H groups in total. The van der Waals surface area contributed by atoms with Crippen LogP contribution >= 0.6 is 0 Å². The first kappa shape index (κ1) is 14.3. The van der Waals surface area contributed by atoms with Crippen LogP contribution in [0.25, 0.3) is 10.9 Å². The van der Waals surface area contributed by atoms with Gasteiger partial charge in [-0.1, -0.05) is 31.5 Å². The maximum absolute atomic E-state index is 5.40. The van der Waals surface area contributed by atoms with Gasteiger partial charge in [0.1, 0.15) is 11.3 Å². The predicted octanol–water partition coefficient (Wildman–Crippen LogP) is 3.91. The largest absolute Gasteiger partial charge is 0.494 e. The van der Waals surface area contributed by atoms with Gasteiger partial charge >= 0.3 is 0 Å². The maximum Gasteiger partial charge on any atom is 0.145 e. The highest BCUT2D eigenvalue weighted by molar-refractivity contribution is 5.84. The highest BCUT2D eigenvalue weighted by Gasteiger charge is 2.40. The highest BCUT2D eigenvalue weighted by atomic mass is 16.5. The van der Waals surface area contributed by atoms with Crippen LogP contribution in [0.5, 0.6) is 5.75 Å². The molecule has 1 heterocycles. The fourth-order valence-electron chi connectivity index (χ4n) is 3.10. The van der Waals surface area contributed by atoms with E-state index in [1.54, 1.807) is 7.11 Å². The van der Waals surface area contributed by atoms with Crippen molar-refractivity contribution < 1.29 is 4.74 Å². The van der Waals surface area contributed by atoms with Gasteiger partial charge < -0.3 is 10.1 Å². The Balaban J connectivity index is 1.67. The standard InChI is InChI=1S/C18H24N2O/c1-3-9-18(10-11-18)13-19-12-15-8-7-14-5-4-6-16(21-2)17(14)20-15/h4-8,19H,3,9-13H2,1-2H3. The van der Waals surface area contributed by atoms with Crippen LogP contribution in [0, 0.1) is 5.41 Å². The molecule has 0 unspecified atom stereocenters. The first-order valence-electron chi connectivity index (χ1n) is 7.90. The van der Waals surface area contributed by atoms with Gasteiger partial charge in [-0.25, -0.2) is 4.98 Å². The maximum atomic E-state index is 5.40. The number of fused-ring (bicyclic) bond motifs is 1. The van der Waals surface area contributed by atoms with Crippen molar-refractivity contribution in [2.75, 3.05) is 13.7 Å². The first-order valence-corrected chi connectivity index (χ1v) is 7.90. The van der Waals surface area contributed by atoms with Crippen LogP contribution in [0.1, 0.15) is 38.3 Å². The summed E-state index contributed by atoms with van der Waals surface area (Å²) in [6.07, 6.45) is 5.39. The zero-order valence-electron chi connectivity index (χ0n) is 13.0. The predicted molar refractivity (Wildman–Crippen MR) is 86.6 cm³/mol. The van der Waals surface area contributed by atoms with E-state index in [1.165, 1.54) is 25.7 Å². The quantitative estimate of drug-likeness (QED) is 0.837. The number of rotatable bonds is 7. The summed E-state index contributed by atoms with van der Waals surface area (Å²) in [6, 6.07) is 10.3. The molecule has 1 aliphatic rings. The van der Waals surface area contributed by atoms with Gasteiger partial charge in [-0.2, -0.15) is 0 Å². The Morgan fingerprint density at radius 3 is 2.81 bits per heavy atom. The Hall–Kier alpha value is -1.61. The zero-order chi connectivity index (χ0) is 14.7. The van der Waals surface area contributed by atoms with Crippen molar-refractivity contribution >= 4 is 10.9 Å². The van der Waals surface area contributed by atoms with Crippen molar-refractivity contribution in [3.05, 3.63) is 36.0 Å². The number of nitrogens with zero attached hydrogens (tertiary/aromatic N) is 1. The molecule has 1 aromatic heterocycles. The number of aromatic nitrogens is 1. The van der Waals surface area contributed by atoms with E-state index in [0.29, 0.717) is 5.41 Å². The number of hydrogen-bond donors (Lipinski definition) is 1. The Morgan fingerprint density at radius 2 is 2.10 bits per heavy atom.